The summed E-state index contributed by atoms with van der Waals surface area (Å²) in [5.41, 5.74) is 1.71. The highest BCUT2D eigenvalue weighted by molar-refractivity contribution is 9.10. The van der Waals surface area contributed by atoms with Gasteiger partial charge in [0, 0.05) is 14.6 Å². The minimum absolute atomic E-state index is 0.0887. The van der Waals surface area contributed by atoms with Crippen LogP contribution in [0.3, 0.4) is 0 Å². The molecule has 1 aliphatic rings. The van der Waals surface area contributed by atoms with Gasteiger partial charge in [-0.05, 0) is 55.3 Å². The van der Waals surface area contributed by atoms with Gasteiger partial charge in [0.05, 0.1) is 12.7 Å². The third-order valence-corrected chi connectivity index (χ3v) is 7.09. The Morgan fingerprint density at radius 2 is 1.67 bits per heavy atom. The largest absolute Gasteiger partial charge is 0.368 e. The summed E-state index contributed by atoms with van der Waals surface area (Å²) in [7, 11) is -3.33. The molecule has 7 heteroatoms. The predicted molar refractivity (Wildman–Crippen MR) is 103 cm³/mol. The smallest absolute Gasteiger partial charge is 0.357 e. The highest BCUT2D eigenvalue weighted by Gasteiger charge is 2.41. The zero-order valence-electron chi connectivity index (χ0n) is 13.1. The zero-order valence-corrected chi connectivity index (χ0v) is 17.2. The van der Waals surface area contributed by atoms with Crippen LogP contribution in [0.2, 0.25) is 0 Å². The second-order valence-corrected chi connectivity index (χ2v) is 9.58. The molecule has 2 aromatic carbocycles. The fourth-order valence-electron chi connectivity index (χ4n) is 2.51. The Morgan fingerprint density at radius 1 is 1.08 bits per heavy atom. The molecule has 2 aromatic rings. The molecule has 1 fully saturated rings. The molecule has 1 aliphatic heterocycles. The first-order valence-corrected chi connectivity index (χ1v) is 10.9. The van der Waals surface area contributed by atoms with E-state index in [2.05, 4.69) is 37.2 Å². The molecule has 0 aromatic heterocycles. The van der Waals surface area contributed by atoms with E-state index in [4.69, 9.17) is 9.05 Å². The molecule has 0 aliphatic carbocycles. The maximum Gasteiger partial charge on any atom is 0.357 e. The second-order valence-electron chi connectivity index (χ2n) is 5.68. The van der Waals surface area contributed by atoms with Crippen LogP contribution in [-0.2, 0) is 13.6 Å². The quantitative estimate of drug-likeness (QED) is 0.525. The number of anilines is 1. The molecular formula is C17H18Br2NO3P. The molecule has 128 valence electrons. The lowest BCUT2D eigenvalue weighted by Gasteiger charge is -2.34. The molecule has 0 spiro atoms. The molecule has 0 radical (unpaired) electrons. The fraction of sp³-hybridized carbons (Fsp3) is 0.294. The van der Waals surface area contributed by atoms with Gasteiger partial charge in [-0.3, -0.25) is 4.57 Å². The van der Waals surface area contributed by atoms with E-state index in [1.807, 2.05) is 55.5 Å². The van der Waals surface area contributed by atoms with Crippen LogP contribution in [-0.4, -0.2) is 12.7 Å². The van der Waals surface area contributed by atoms with E-state index in [1.165, 1.54) is 0 Å². The first kappa shape index (κ1) is 18.2. The SMILES string of the molecule is C[C@H]1CCO[P@@](=O)([C@@H](Nc2ccc(Br)cc2)c2ccc(Br)cc2)O1. The van der Waals surface area contributed by atoms with Gasteiger partial charge in [-0.1, -0.05) is 44.0 Å². The van der Waals surface area contributed by atoms with Crippen molar-refractivity contribution in [1.82, 2.24) is 0 Å². The van der Waals surface area contributed by atoms with E-state index in [0.29, 0.717) is 6.61 Å². The lowest BCUT2D eigenvalue weighted by Crippen LogP contribution is -2.23. The molecule has 1 saturated heterocycles. The predicted octanol–water partition coefficient (Wildman–Crippen LogP) is 6.34. The van der Waals surface area contributed by atoms with Gasteiger partial charge >= 0.3 is 7.60 Å². The summed E-state index contributed by atoms with van der Waals surface area (Å²) in [6.07, 6.45) is 0.657. The van der Waals surface area contributed by atoms with Crippen molar-refractivity contribution in [1.29, 1.82) is 0 Å². The standard InChI is InChI=1S/C17H18Br2NO3P/c1-12-10-11-22-24(21,23-12)17(13-2-4-14(18)5-3-13)20-16-8-6-15(19)7-9-16/h2-9,12,17,20H,10-11H2,1H3/t12-,17+,24-/m0/s1. The van der Waals surface area contributed by atoms with Gasteiger partial charge in [0.15, 0.2) is 5.78 Å². The number of nitrogens with one attached hydrogen (secondary N) is 1. The van der Waals surface area contributed by atoms with E-state index < -0.39 is 13.4 Å². The molecule has 0 unspecified atom stereocenters. The number of hydrogen-bond acceptors (Lipinski definition) is 4. The summed E-state index contributed by atoms with van der Waals surface area (Å²) in [6, 6.07) is 15.4. The average Bonchev–Trinajstić information content (AvgIpc) is 2.55. The minimum atomic E-state index is -3.33. The van der Waals surface area contributed by atoms with Crippen LogP contribution in [0.25, 0.3) is 0 Å². The molecule has 0 amide bonds. The van der Waals surface area contributed by atoms with Gasteiger partial charge in [-0.2, -0.15) is 0 Å². The second kappa shape index (κ2) is 7.71. The lowest BCUT2D eigenvalue weighted by atomic mass is 10.2. The third-order valence-electron chi connectivity index (χ3n) is 3.77. The molecule has 0 bridgehead atoms. The molecule has 1 heterocycles. The molecule has 4 nitrogen and oxygen atoms in total. The molecular weight excluding hydrogens is 457 g/mol. The topological polar surface area (TPSA) is 47.6 Å². The van der Waals surface area contributed by atoms with Crippen molar-refractivity contribution in [2.24, 2.45) is 0 Å². The number of hydrogen-bond donors (Lipinski definition) is 1. The molecule has 24 heavy (non-hydrogen) atoms. The zero-order chi connectivity index (χ0) is 17.2. The van der Waals surface area contributed by atoms with Crippen molar-refractivity contribution in [3.05, 3.63) is 63.0 Å². The van der Waals surface area contributed by atoms with Gasteiger partial charge in [-0.25, -0.2) is 0 Å². The van der Waals surface area contributed by atoms with Crippen LogP contribution in [0.1, 0.15) is 24.7 Å². The Balaban J connectivity index is 1.95. The first-order valence-electron chi connectivity index (χ1n) is 7.66. The normalized spacial score (nSPS) is 25.2. The summed E-state index contributed by atoms with van der Waals surface area (Å²) >= 11 is 6.85. The first-order chi connectivity index (χ1) is 11.5. The molecule has 3 rings (SSSR count). The van der Waals surface area contributed by atoms with E-state index in [9.17, 15) is 4.57 Å². The van der Waals surface area contributed by atoms with Gasteiger partial charge in [-0.15, -0.1) is 0 Å². The number of benzene rings is 2. The van der Waals surface area contributed by atoms with Gasteiger partial charge in [0.2, 0.25) is 0 Å². The highest BCUT2D eigenvalue weighted by atomic mass is 79.9. The Labute approximate surface area is 158 Å². The Bertz CT molecular complexity index is 737. The monoisotopic (exact) mass is 473 g/mol. The van der Waals surface area contributed by atoms with Gasteiger partial charge in [0.25, 0.3) is 0 Å². The van der Waals surface area contributed by atoms with Crippen LogP contribution in [0, 0.1) is 0 Å². The summed E-state index contributed by atoms with van der Waals surface area (Å²) in [6.45, 7) is 2.36. The van der Waals surface area contributed by atoms with Crippen molar-refractivity contribution in [3.63, 3.8) is 0 Å². The molecule has 0 saturated carbocycles. The van der Waals surface area contributed by atoms with Crippen LogP contribution >= 0.6 is 39.5 Å². The summed E-state index contributed by atoms with van der Waals surface area (Å²) < 4.78 is 26.7. The summed E-state index contributed by atoms with van der Waals surface area (Å²) in [5, 5.41) is 3.32. The van der Waals surface area contributed by atoms with Crippen LogP contribution < -0.4 is 5.32 Å². The van der Waals surface area contributed by atoms with Crippen LogP contribution in [0.5, 0.6) is 0 Å². The van der Waals surface area contributed by atoms with Crippen molar-refractivity contribution >= 4 is 45.1 Å². The maximum absolute atomic E-state index is 13.4. The summed E-state index contributed by atoms with van der Waals surface area (Å²) in [5.74, 6) is -0.561. The van der Waals surface area contributed by atoms with Crippen LogP contribution in [0.15, 0.2) is 57.5 Å². The van der Waals surface area contributed by atoms with Crippen molar-refractivity contribution in [2.75, 3.05) is 11.9 Å². The lowest BCUT2D eigenvalue weighted by molar-refractivity contribution is 0.0887. The average molecular weight is 475 g/mol. The van der Waals surface area contributed by atoms with Crippen molar-refractivity contribution in [2.45, 2.75) is 25.2 Å². The van der Waals surface area contributed by atoms with E-state index in [1.54, 1.807) is 0 Å². The maximum atomic E-state index is 13.4. The molecule has 3 atom stereocenters. The van der Waals surface area contributed by atoms with Gasteiger partial charge < -0.3 is 14.4 Å². The van der Waals surface area contributed by atoms with Crippen LogP contribution in [0.4, 0.5) is 5.69 Å². The Morgan fingerprint density at radius 3 is 2.25 bits per heavy atom. The number of halogens is 2. The van der Waals surface area contributed by atoms with E-state index in [0.717, 1.165) is 26.6 Å². The van der Waals surface area contributed by atoms with Crippen molar-refractivity contribution < 1.29 is 13.6 Å². The molecule has 1 N–H and O–H groups in total. The summed E-state index contributed by atoms with van der Waals surface area (Å²) in [4.78, 5) is 0. The van der Waals surface area contributed by atoms with Crippen molar-refractivity contribution in [3.8, 4) is 0 Å². The minimum Gasteiger partial charge on any atom is -0.368 e. The van der Waals surface area contributed by atoms with E-state index >= 15 is 0 Å². The number of rotatable bonds is 4. The van der Waals surface area contributed by atoms with E-state index in [-0.39, 0.29) is 6.10 Å². The van der Waals surface area contributed by atoms with Gasteiger partial charge in [0.1, 0.15) is 0 Å². The highest BCUT2D eigenvalue weighted by Crippen LogP contribution is 2.63. The fourth-order valence-corrected chi connectivity index (χ4v) is 5.18. The third kappa shape index (κ3) is 4.30. The Hall–Kier alpha value is -0.650. The Kier molecular flexibility index (Phi) is 5.83.